The first-order valence-corrected chi connectivity index (χ1v) is 6.82. The largest absolute Gasteiger partial charge is 0.396 e. The number of rotatable bonds is 3. The summed E-state index contributed by atoms with van der Waals surface area (Å²) in [5.74, 6) is 1.14. The zero-order chi connectivity index (χ0) is 13.1. The summed E-state index contributed by atoms with van der Waals surface area (Å²) in [6, 6.07) is 4.16. The zero-order valence-corrected chi connectivity index (χ0v) is 10.8. The number of nitrogens with one attached hydrogen (secondary N) is 1. The van der Waals surface area contributed by atoms with E-state index < -0.39 is 0 Å². The van der Waals surface area contributed by atoms with Gasteiger partial charge in [-0.1, -0.05) is 12.8 Å². The maximum atomic E-state index is 9.43. The molecule has 5 heteroatoms. The molecule has 2 atom stereocenters. The Morgan fingerprint density at radius 3 is 2.89 bits per heavy atom. The maximum Gasteiger partial charge on any atom is 0.180 e. The van der Waals surface area contributed by atoms with Crippen molar-refractivity contribution in [3.05, 3.63) is 24.5 Å². The van der Waals surface area contributed by atoms with Crippen molar-refractivity contribution in [2.24, 2.45) is 5.92 Å². The zero-order valence-electron chi connectivity index (χ0n) is 10.8. The van der Waals surface area contributed by atoms with Gasteiger partial charge in [-0.3, -0.25) is 4.98 Å². The molecule has 100 valence electrons. The number of fused-ring (bicyclic) bond motifs is 1. The van der Waals surface area contributed by atoms with Crippen molar-refractivity contribution < 1.29 is 5.11 Å². The topological polar surface area (TPSA) is 70.9 Å². The summed E-state index contributed by atoms with van der Waals surface area (Å²) < 4.78 is 0. The number of aliphatic hydroxyl groups is 1. The maximum absolute atomic E-state index is 9.43. The first-order valence-electron chi connectivity index (χ1n) is 6.82. The normalized spacial score (nSPS) is 23.4. The van der Waals surface area contributed by atoms with Gasteiger partial charge in [-0.25, -0.2) is 9.97 Å². The van der Waals surface area contributed by atoms with E-state index in [1.807, 2.05) is 12.1 Å². The van der Waals surface area contributed by atoms with Crippen LogP contribution in [0.25, 0.3) is 11.2 Å². The molecule has 1 saturated carbocycles. The highest BCUT2D eigenvalue weighted by atomic mass is 16.3. The first kappa shape index (κ1) is 12.3. The highest BCUT2D eigenvalue weighted by Crippen LogP contribution is 2.26. The summed E-state index contributed by atoms with van der Waals surface area (Å²) in [5.41, 5.74) is 1.46. The molecule has 0 bridgehead atoms. The summed E-state index contributed by atoms with van der Waals surface area (Å²) in [6.45, 7) is 0.241. The van der Waals surface area contributed by atoms with E-state index in [9.17, 15) is 5.11 Å². The van der Waals surface area contributed by atoms with Crippen LogP contribution in [0.5, 0.6) is 0 Å². The lowest BCUT2D eigenvalue weighted by molar-refractivity contribution is 0.178. The Labute approximate surface area is 112 Å². The van der Waals surface area contributed by atoms with Crippen LogP contribution in [0.2, 0.25) is 0 Å². The minimum atomic E-state index is 0.241. The van der Waals surface area contributed by atoms with E-state index in [0.29, 0.717) is 17.6 Å². The molecule has 1 fully saturated rings. The predicted molar refractivity (Wildman–Crippen MR) is 73.8 cm³/mol. The van der Waals surface area contributed by atoms with Crippen molar-refractivity contribution >= 4 is 17.0 Å². The third kappa shape index (κ3) is 2.66. The standard InChI is InChI=1S/C14H18N4O/c19-9-10-3-1-2-4-11(10)17-13-6-5-12-14(18-13)16-8-7-15-12/h5-8,10-11,19H,1-4,9H2,(H,16,17,18)/t10-,11+/m0/s1. The summed E-state index contributed by atoms with van der Waals surface area (Å²) in [7, 11) is 0. The van der Waals surface area contributed by atoms with Crippen LogP contribution in [0, 0.1) is 5.92 Å². The minimum absolute atomic E-state index is 0.241. The molecule has 2 aromatic heterocycles. The SMILES string of the molecule is OC[C@@H]1CCCC[C@H]1Nc1ccc2nccnc2n1. The van der Waals surface area contributed by atoms with Crippen LogP contribution in [0.3, 0.4) is 0 Å². The molecule has 0 unspecified atom stereocenters. The molecule has 2 N–H and O–H groups in total. The van der Waals surface area contributed by atoms with Crippen LogP contribution < -0.4 is 5.32 Å². The summed E-state index contributed by atoms with van der Waals surface area (Å²) in [6.07, 6.45) is 7.91. The van der Waals surface area contributed by atoms with E-state index in [4.69, 9.17) is 0 Å². The summed E-state index contributed by atoms with van der Waals surface area (Å²) in [4.78, 5) is 12.9. The fourth-order valence-corrected chi connectivity index (χ4v) is 2.74. The molecule has 3 rings (SSSR count). The lowest BCUT2D eigenvalue weighted by Gasteiger charge is -2.31. The average molecular weight is 258 g/mol. The van der Waals surface area contributed by atoms with Gasteiger partial charge in [-0.05, 0) is 25.0 Å². The van der Waals surface area contributed by atoms with Crippen LogP contribution in [0.1, 0.15) is 25.7 Å². The molecule has 0 radical (unpaired) electrons. The molecule has 5 nitrogen and oxygen atoms in total. The highest BCUT2D eigenvalue weighted by Gasteiger charge is 2.24. The second-order valence-electron chi connectivity index (χ2n) is 5.07. The van der Waals surface area contributed by atoms with Crippen LogP contribution in [-0.2, 0) is 0 Å². The van der Waals surface area contributed by atoms with Crippen LogP contribution in [-0.4, -0.2) is 32.7 Å². The van der Waals surface area contributed by atoms with Gasteiger partial charge in [0.15, 0.2) is 5.65 Å². The lowest BCUT2D eigenvalue weighted by Crippen LogP contribution is -2.34. The number of hydrogen-bond donors (Lipinski definition) is 2. The van der Waals surface area contributed by atoms with E-state index in [2.05, 4.69) is 20.3 Å². The predicted octanol–water partition coefficient (Wildman–Crippen LogP) is 1.99. The molecule has 19 heavy (non-hydrogen) atoms. The van der Waals surface area contributed by atoms with Crippen molar-refractivity contribution in [1.82, 2.24) is 15.0 Å². The smallest absolute Gasteiger partial charge is 0.180 e. The van der Waals surface area contributed by atoms with Gasteiger partial charge in [-0.15, -0.1) is 0 Å². The molecular weight excluding hydrogens is 240 g/mol. The Morgan fingerprint density at radius 2 is 2.00 bits per heavy atom. The molecule has 0 amide bonds. The van der Waals surface area contributed by atoms with Gasteiger partial charge in [0.05, 0.1) is 0 Å². The fraction of sp³-hybridized carbons (Fsp3) is 0.500. The van der Waals surface area contributed by atoms with Crippen LogP contribution >= 0.6 is 0 Å². The third-order valence-electron chi connectivity index (χ3n) is 3.81. The Hall–Kier alpha value is -1.75. The summed E-state index contributed by atoms with van der Waals surface area (Å²) >= 11 is 0. The second kappa shape index (κ2) is 5.48. The van der Waals surface area contributed by atoms with Crippen molar-refractivity contribution in [3.8, 4) is 0 Å². The van der Waals surface area contributed by atoms with Crippen LogP contribution in [0.4, 0.5) is 5.82 Å². The van der Waals surface area contributed by atoms with E-state index >= 15 is 0 Å². The molecule has 1 aliphatic carbocycles. The van der Waals surface area contributed by atoms with Crippen molar-refractivity contribution in [2.75, 3.05) is 11.9 Å². The molecule has 0 saturated heterocycles. The number of aliphatic hydroxyl groups excluding tert-OH is 1. The van der Waals surface area contributed by atoms with E-state index in [0.717, 1.165) is 24.2 Å². The Balaban J connectivity index is 1.80. The first-order chi connectivity index (χ1) is 9.36. The lowest BCUT2D eigenvalue weighted by atomic mass is 9.85. The number of aromatic nitrogens is 3. The van der Waals surface area contributed by atoms with Crippen LogP contribution in [0.15, 0.2) is 24.5 Å². The number of pyridine rings is 1. The van der Waals surface area contributed by atoms with Gasteiger partial charge >= 0.3 is 0 Å². The van der Waals surface area contributed by atoms with Crippen molar-refractivity contribution in [3.63, 3.8) is 0 Å². The molecule has 0 aromatic carbocycles. The molecule has 0 aliphatic heterocycles. The fourth-order valence-electron chi connectivity index (χ4n) is 2.74. The van der Waals surface area contributed by atoms with Gasteiger partial charge in [0.25, 0.3) is 0 Å². The van der Waals surface area contributed by atoms with E-state index in [1.165, 1.54) is 12.8 Å². The number of hydrogen-bond acceptors (Lipinski definition) is 5. The molecular formula is C14H18N4O. The van der Waals surface area contributed by atoms with Crippen molar-refractivity contribution in [1.29, 1.82) is 0 Å². The molecule has 2 heterocycles. The van der Waals surface area contributed by atoms with Gasteiger partial charge in [0, 0.05) is 31.0 Å². The Kier molecular flexibility index (Phi) is 3.55. The van der Waals surface area contributed by atoms with Gasteiger partial charge in [0.1, 0.15) is 11.3 Å². The van der Waals surface area contributed by atoms with E-state index in [1.54, 1.807) is 12.4 Å². The van der Waals surface area contributed by atoms with Gasteiger partial charge in [-0.2, -0.15) is 0 Å². The monoisotopic (exact) mass is 258 g/mol. The van der Waals surface area contributed by atoms with E-state index in [-0.39, 0.29) is 6.61 Å². The minimum Gasteiger partial charge on any atom is -0.396 e. The van der Waals surface area contributed by atoms with Gasteiger partial charge in [0.2, 0.25) is 0 Å². The molecule has 2 aromatic rings. The highest BCUT2D eigenvalue weighted by molar-refractivity contribution is 5.71. The molecule has 0 spiro atoms. The average Bonchev–Trinajstić information content (AvgIpc) is 2.48. The van der Waals surface area contributed by atoms with Gasteiger partial charge < -0.3 is 10.4 Å². The number of anilines is 1. The molecule has 1 aliphatic rings. The number of nitrogens with zero attached hydrogens (tertiary/aromatic N) is 3. The Morgan fingerprint density at radius 1 is 1.16 bits per heavy atom. The van der Waals surface area contributed by atoms with Crippen molar-refractivity contribution in [2.45, 2.75) is 31.7 Å². The quantitative estimate of drug-likeness (QED) is 0.881. The summed E-state index contributed by atoms with van der Waals surface area (Å²) in [5, 5.41) is 12.9. The third-order valence-corrected chi connectivity index (χ3v) is 3.81. The second-order valence-corrected chi connectivity index (χ2v) is 5.07. The Bertz CT molecular complexity index is 560.